The molecule has 2 rings (SSSR count). The van der Waals surface area contributed by atoms with Crippen molar-refractivity contribution in [2.45, 2.75) is 13.3 Å². The molecule has 1 aromatic rings. The molecule has 0 spiro atoms. The van der Waals surface area contributed by atoms with E-state index in [9.17, 15) is 0 Å². The van der Waals surface area contributed by atoms with Gasteiger partial charge in [0.1, 0.15) is 0 Å². The van der Waals surface area contributed by atoms with Crippen LogP contribution >= 0.6 is 0 Å². The van der Waals surface area contributed by atoms with Crippen molar-refractivity contribution >= 4 is 5.95 Å². The number of rotatable bonds is 3. The third kappa shape index (κ3) is 1.90. The average molecular weight is 194 g/mol. The largest absolute Gasteiger partial charge is 0.342 e. The fourth-order valence-corrected chi connectivity index (χ4v) is 2.04. The molecule has 0 aromatic carbocycles. The molecular weight excluding hydrogens is 176 g/mol. The highest BCUT2D eigenvalue weighted by atomic mass is 15.3. The number of nitrogens with zero attached hydrogens (tertiary/aromatic N) is 2. The Morgan fingerprint density at radius 2 is 2.57 bits per heavy atom. The molecule has 4 heteroatoms. The predicted molar refractivity (Wildman–Crippen MR) is 57.6 cm³/mol. The minimum Gasteiger partial charge on any atom is -0.342 e. The summed E-state index contributed by atoms with van der Waals surface area (Å²) in [5.74, 6) is 1.80. The average Bonchev–Trinajstić information content (AvgIpc) is 2.74. The maximum absolute atomic E-state index is 4.34. The normalized spacial score (nSPS) is 21.9. The van der Waals surface area contributed by atoms with E-state index in [0.717, 1.165) is 37.2 Å². The van der Waals surface area contributed by atoms with Gasteiger partial charge in [-0.25, -0.2) is 4.98 Å². The van der Waals surface area contributed by atoms with Crippen LogP contribution in [0.5, 0.6) is 0 Å². The zero-order valence-corrected chi connectivity index (χ0v) is 8.88. The smallest absolute Gasteiger partial charge is 0.202 e. The van der Waals surface area contributed by atoms with E-state index in [-0.39, 0.29) is 0 Å². The van der Waals surface area contributed by atoms with Gasteiger partial charge in [-0.15, -0.1) is 0 Å². The van der Waals surface area contributed by atoms with E-state index in [2.05, 4.69) is 20.2 Å². The summed E-state index contributed by atoms with van der Waals surface area (Å²) in [5, 5.41) is 3.23. The van der Waals surface area contributed by atoms with Crippen LogP contribution < -0.4 is 10.2 Å². The van der Waals surface area contributed by atoms with Crippen LogP contribution in [0.3, 0.4) is 0 Å². The fourth-order valence-electron chi connectivity index (χ4n) is 2.04. The summed E-state index contributed by atoms with van der Waals surface area (Å²) < 4.78 is 0. The summed E-state index contributed by atoms with van der Waals surface area (Å²) in [6.45, 7) is 5.39. The number of imidazole rings is 1. The summed E-state index contributed by atoms with van der Waals surface area (Å²) >= 11 is 0. The SMILES string of the molecule is CNCC1CCN(c2ncc(C)[nH]2)C1. The standard InChI is InChI=1S/C10H18N4/c1-8-5-12-10(13-8)14-4-3-9(7-14)6-11-2/h5,9,11H,3-4,6-7H2,1-2H3,(H,12,13). The Labute approximate surface area is 84.7 Å². The predicted octanol–water partition coefficient (Wildman–Crippen LogP) is 0.764. The molecule has 0 amide bonds. The first-order valence-corrected chi connectivity index (χ1v) is 5.20. The first kappa shape index (κ1) is 9.52. The second kappa shape index (κ2) is 4.00. The van der Waals surface area contributed by atoms with Crippen molar-refractivity contribution in [1.82, 2.24) is 15.3 Å². The van der Waals surface area contributed by atoms with Crippen molar-refractivity contribution < 1.29 is 0 Å². The van der Waals surface area contributed by atoms with E-state index < -0.39 is 0 Å². The van der Waals surface area contributed by atoms with E-state index in [1.165, 1.54) is 6.42 Å². The van der Waals surface area contributed by atoms with Crippen LogP contribution in [0.25, 0.3) is 0 Å². The maximum atomic E-state index is 4.34. The summed E-state index contributed by atoms with van der Waals surface area (Å²) in [6, 6.07) is 0. The van der Waals surface area contributed by atoms with Crippen LogP contribution in [0, 0.1) is 12.8 Å². The molecule has 1 saturated heterocycles. The molecule has 1 aliphatic heterocycles. The first-order valence-electron chi connectivity index (χ1n) is 5.20. The molecule has 2 heterocycles. The van der Waals surface area contributed by atoms with Gasteiger partial charge in [0.05, 0.1) is 0 Å². The summed E-state index contributed by atoms with van der Waals surface area (Å²) in [7, 11) is 2.01. The number of hydrogen-bond acceptors (Lipinski definition) is 3. The van der Waals surface area contributed by atoms with Gasteiger partial charge >= 0.3 is 0 Å². The number of aryl methyl sites for hydroxylation is 1. The van der Waals surface area contributed by atoms with E-state index >= 15 is 0 Å². The third-order valence-corrected chi connectivity index (χ3v) is 2.77. The van der Waals surface area contributed by atoms with E-state index in [0.29, 0.717) is 0 Å². The maximum Gasteiger partial charge on any atom is 0.202 e. The Bertz CT molecular complexity index is 294. The summed E-state index contributed by atoms with van der Waals surface area (Å²) in [5.41, 5.74) is 1.14. The highest BCUT2D eigenvalue weighted by molar-refractivity contribution is 5.32. The van der Waals surface area contributed by atoms with Crippen LogP contribution in [0.1, 0.15) is 12.1 Å². The zero-order chi connectivity index (χ0) is 9.97. The Kier molecular flexibility index (Phi) is 2.72. The zero-order valence-electron chi connectivity index (χ0n) is 8.88. The molecule has 0 bridgehead atoms. The van der Waals surface area contributed by atoms with Crippen LogP contribution in [0.4, 0.5) is 5.95 Å². The van der Waals surface area contributed by atoms with E-state index in [1.807, 2.05) is 20.2 Å². The second-order valence-corrected chi connectivity index (χ2v) is 4.05. The molecule has 0 saturated carbocycles. The highest BCUT2D eigenvalue weighted by Crippen LogP contribution is 2.20. The minimum absolute atomic E-state index is 0.769. The highest BCUT2D eigenvalue weighted by Gasteiger charge is 2.23. The van der Waals surface area contributed by atoms with Crippen LogP contribution in [0.2, 0.25) is 0 Å². The van der Waals surface area contributed by atoms with Gasteiger partial charge in [0, 0.05) is 25.0 Å². The Hall–Kier alpha value is -1.03. The molecule has 0 aliphatic carbocycles. The Morgan fingerprint density at radius 3 is 3.21 bits per heavy atom. The van der Waals surface area contributed by atoms with Crippen molar-refractivity contribution in [3.8, 4) is 0 Å². The lowest BCUT2D eigenvalue weighted by Gasteiger charge is -2.14. The molecule has 14 heavy (non-hydrogen) atoms. The van der Waals surface area contributed by atoms with Gasteiger partial charge in [0.15, 0.2) is 0 Å². The molecule has 1 aliphatic rings. The quantitative estimate of drug-likeness (QED) is 0.747. The monoisotopic (exact) mass is 194 g/mol. The van der Waals surface area contributed by atoms with E-state index in [4.69, 9.17) is 0 Å². The van der Waals surface area contributed by atoms with Gasteiger partial charge in [-0.3, -0.25) is 0 Å². The van der Waals surface area contributed by atoms with Gasteiger partial charge in [-0.2, -0.15) is 0 Å². The molecule has 0 radical (unpaired) electrons. The lowest BCUT2D eigenvalue weighted by molar-refractivity contribution is 0.548. The Balaban J connectivity index is 1.95. The molecule has 78 valence electrons. The number of H-pyrrole nitrogens is 1. The number of aromatic nitrogens is 2. The molecule has 1 aromatic heterocycles. The molecule has 1 atom stereocenters. The summed E-state index contributed by atoms with van der Waals surface area (Å²) in [6.07, 6.45) is 3.15. The number of nitrogens with one attached hydrogen (secondary N) is 2. The van der Waals surface area contributed by atoms with E-state index in [1.54, 1.807) is 0 Å². The van der Waals surface area contributed by atoms with Crippen molar-refractivity contribution in [1.29, 1.82) is 0 Å². The molecule has 1 fully saturated rings. The third-order valence-electron chi connectivity index (χ3n) is 2.77. The van der Waals surface area contributed by atoms with Crippen molar-refractivity contribution in [3.63, 3.8) is 0 Å². The van der Waals surface area contributed by atoms with Crippen LogP contribution in [0.15, 0.2) is 6.20 Å². The van der Waals surface area contributed by atoms with Gasteiger partial charge in [0.2, 0.25) is 5.95 Å². The summed E-state index contributed by atoms with van der Waals surface area (Å²) in [4.78, 5) is 9.95. The Morgan fingerprint density at radius 1 is 1.71 bits per heavy atom. The lowest BCUT2D eigenvalue weighted by atomic mass is 10.1. The number of hydrogen-bond donors (Lipinski definition) is 2. The van der Waals surface area contributed by atoms with Gasteiger partial charge in [-0.05, 0) is 32.9 Å². The van der Waals surface area contributed by atoms with Gasteiger partial charge in [0.25, 0.3) is 0 Å². The van der Waals surface area contributed by atoms with Crippen LogP contribution in [-0.2, 0) is 0 Å². The van der Waals surface area contributed by atoms with Gasteiger partial charge < -0.3 is 15.2 Å². The second-order valence-electron chi connectivity index (χ2n) is 4.05. The lowest BCUT2D eigenvalue weighted by Crippen LogP contribution is -2.24. The minimum atomic E-state index is 0.769. The molecule has 1 unspecified atom stereocenters. The van der Waals surface area contributed by atoms with Crippen LogP contribution in [-0.4, -0.2) is 36.6 Å². The van der Waals surface area contributed by atoms with Crippen molar-refractivity contribution in [2.24, 2.45) is 5.92 Å². The van der Waals surface area contributed by atoms with Gasteiger partial charge in [-0.1, -0.05) is 0 Å². The molecule has 4 nitrogen and oxygen atoms in total. The molecule has 2 N–H and O–H groups in total. The topological polar surface area (TPSA) is 44.0 Å². The van der Waals surface area contributed by atoms with Crippen molar-refractivity contribution in [2.75, 3.05) is 31.6 Å². The number of anilines is 1. The first-order chi connectivity index (χ1) is 6.79. The molecular formula is C10H18N4. The van der Waals surface area contributed by atoms with Crippen molar-refractivity contribution in [3.05, 3.63) is 11.9 Å². The number of aromatic amines is 1. The fraction of sp³-hybridized carbons (Fsp3) is 0.700.